The van der Waals surface area contributed by atoms with E-state index in [4.69, 9.17) is 5.11 Å². The number of carbonyl (C=O) groups is 1. The average molecular weight is 272 g/mol. The predicted molar refractivity (Wildman–Crippen MR) is 64.0 cm³/mol. The second kappa shape index (κ2) is 4.66. The third-order valence-electron chi connectivity index (χ3n) is 2.16. The van der Waals surface area contributed by atoms with E-state index in [-0.39, 0.29) is 0 Å². The Hall–Kier alpha value is -1.03. The molecule has 0 aliphatic carbocycles. The van der Waals surface area contributed by atoms with Gasteiger partial charge in [-0.2, -0.15) is 0 Å². The van der Waals surface area contributed by atoms with Crippen LogP contribution in [0.15, 0.2) is 28.7 Å². The van der Waals surface area contributed by atoms with Crippen LogP contribution in [0.5, 0.6) is 0 Å². The Morgan fingerprint density at radius 2 is 1.93 bits per heavy atom. The van der Waals surface area contributed by atoms with Gasteiger partial charge in [-0.05, 0) is 38.1 Å². The number of nitrogens with one attached hydrogen (secondary N) is 1. The number of anilines is 1. The highest BCUT2D eigenvalue weighted by Crippen LogP contribution is 2.18. The van der Waals surface area contributed by atoms with Crippen LogP contribution in [0.3, 0.4) is 0 Å². The molecule has 0 atom stereocenters. The summed E-state index contributed by atoms with van der Waals surface area (Å²) in [5.41, 5.74) is 0.167. The van der Waals surface area contributed by atoms with E-state index in [0.29, 0.717) is 6.54 Å². The maximum Gasteiger partial charge on any atom is 0.310 e. The smallest absolute Gasteiger partial charge is 0.310 e. The second-order valence-corrected chi connectivity index (χ2v) is 4.97. The lowest BCUT2D eigenvalue weighted by molar-refractivity contribution is -0.146. The third kappa shape index (κ3) is 3.55. The average Bonchev–Trinajstić information content (AvgIpc) is 2.17. The fourth-order valence-electron chi connectivity index (χ4n) is 0.966. The van der Waals surface area contributed by atoms with Crippen molar-refractivity contribution in [1.29, 1.82) is 0 Å². The Bertz CT molecular complexity index is 346. The normalized spacial score (nSPS) is 11.1. The molecule has 1 aromatic carbocycles. The van der Waals surface area contributed by atoms with E-state index in [0.717, 1.165) is 10.2 Å². The van der Waals surface area contributed by atoms with E-state index in [9.17, 15) is 4.79 Å². The van der Waals surface area contributed by atoms with Crippen molar-refractivity contribution in [2.75, 3.05) is 11.9 Å². The number of carboxylic acids is 1. The van der Waals surface area contributed by atoms with E-state index >= 15 is 0 Å². The summed E-state index contributed by atoms with van der Waals surface area (Å²) >= 11 is 3.34. The molecule has 0 fully saturated rings. The van der Waals surface area contributed by atoms with E-state index in [1.807, 2.05) is 24.3 Å². The lowest BCUT2D eigenvalue weighted by Gasteiger charge is -2.20. The van der Waals surface area contributed by atoms with E-state index in [1.165, 1.54) is 0 Å². The summed E-state index contributed by atoms with van der Waals surface area (Å²) < 4.78 is 1.01. The summed E-state index contributed by atoms with van der Waals surface area (Å²) in [6.45, 7) is 3.80. The first-order valence-corrected chi connectivity index (χ1v) is 5.44. The summed E-state index contributed by atoms with van der Waals surface area (Å²) in [5, 5.41) is 12.0. The molecule has 0 unspecified atom stereocenters. The van der Waals surface area contributed by atoms with Crippen molar-refractivity contribution in [3.05, 3.63) is 28.7 Å². The van der Waals surface area contributed by atoms with Crippen LogP contribution in [-0.2, 0) is 4.79 Å². The van der Waals surface area contributed by atoms with E-state index < -0.39 is 11.4 Å². The first-order chi connectivity index (χ1) is 6.92. The van der Waals surface area contributed by atoms with Gasteiger partial charge >= 0.3 is 5.97 Å². The first kappa shape index (κ1) is 12.0. The fourth-order valence-corrected chi connectivity index (χ4v) is 1.23. The molecule has 2 N–H and O–H groups in total. The Kier molecular flexibility index (Phi) is 3.74. The van der Waals surface area contributed by atoms with Gasteiger partial charge in [-0.1, -0.05) is 15.9 Å². The molecular formula is C11H14BrNO2. The zero-order valence-corrected chi connectivity index (χ0v) is 10.3. The first-order valence-electron chi connectivity index (χ1n) is 4.65. The number of rotatable bonds is 4. The van der Waals surface area contributed by atoms with Crippen molar-refractivity contribution in [3.63, 3.8) is 0 Å². The van der Waals surface area contributed by atoms with Crippen LogP contribution in [0.2, 0.25) is 0 Å². The highest BCUT2D eigenvalue weighted by atomic mass is 79.9. The lowest BCUT2D eigenvalue weighted by atomic mass is 9.94. The van der Waals surface area contributed by atoms with Crippen molar-refractivity contribution in [2.45, 2.75) is 13.8 Å². The number of aliphatic carboxylic acids is 1. The van der Waals surface area contributed by atoms with Crippen molar-refractivity contribution >= 4 is 27.6 Å². The predicted octanol–water partition coefficient (Wildman–Crippen LogP) is 2.97. The summed E-state index contributed by atoms with van der Waals surface area (Å²) in [6, 6.07) is 7.64. The molecule has 3 nitrogen and oxygen atoms in total. The molecule has 0 saturated heterocycles. The molecule has 15 heavy (non-hydrogen) atoms. The second-order valence-electron chi connectivity index (χ2n) is 4.05. The van der Waals surface area contributed by atoms with Gasteiger partial charge in [0, 0.05) is 16.7 Å². The minimum atomic E-state index is -0.799. The fraction of sp³-hybridized carbons (Fsp3) is 0.364. The van der Waals surface area contributed by atoms with Gasteiger partial charge in [0.25, 0.3) is 0 Å². The number of hydrogen-bond donors (Lipinski definition) is 2. The number of carboxylic acid groups (broad SMARTS) is 1. The highest BCUT2D eigenvalue weighted by Gasteiger charge is 2.26. The van der Waals surface area contributed by atoms with Crippen LogP contribution in [-0.4, -0.2) is 17.6 Å². The number of halogens is 1. The Balaban J connectivity index is 2.57. The molecule has 0 bridgehead atoms. The largest absolute Gasteiger partial charge is 0.481 e. The maximum absolute atomic E-state index is 10.8. The quantitative estimate of drug-likeness (QED) is 0.885. The zero-order valence-electron chi connectivity index (χ0n) is 8.75. The molecular weight excluding hydrogens is 258 g/mol. The molecule has 82 valence electrons. The molecule has 1 rings (SSSR count). The van der Waals surface area contributed by atoms with Gasteiger partial charge < -0.3 is 10.4 Å². The van der Waals surface area contributed by atoms with E-state index in [1.54, 1.807) is 13.8 Å². The van der Waals surface area contributed by atoms with Crippen LogP contribution in [0.25, 0.3) is 0 Å². The molecule has 0 spiro atoms. The van der Waals surface area contributed by atoms with Gasteiger partial charge in [0.15, 0.2) is 0 Å². The molecule has 0 aliphatic heterocycles. The van der Waals surface area contributed by atoms with Crippen molar-refractivity contribution in [2.24, 2.45) is 5.41 Å². The molecule has 0 saturated carbocycles. The van der Waals surface area contributed by atoms with Crippen LogP contribution in [0.1, 0.15) is 13.8 Å². The van der Waals surface area contributed by atoms with Crippen LogP contribution in [0.4, 0.5) is 5.69 Å². The Morgan fingerprint density at radius 1 is 1.40 bits per heavy atom. The molecule has 1 aromatic rings. The van der Waals surface area contributed by atoms with Crippen LogP contribution >= 0.6 is 15.9 Å². The standard InChI is InChI=1S/C11H14BrNO2/c1-11(2,10(14)15)7-13-9-5-3-8(12)4-6-9/h3-6,13H,7H2,1-2H3,(H,14,15). The minimum Gasteiger partial charge on any atom is -0.481 e. The molecule has 0 aliphatic rings. The van der Waals surface area contributed by atoms with Crippen LogP contribution in [0, 0.1) is 5.41 Å². The zero-order chi connectivity index (χ0) is 11.5. The number of hydrogen-bond acceptors (Lipinski definition) is 2. The van der Waals surface area contributed by atoms with Crippen LogP contribution < -0.4 is 5.32 Å². The van der Waals surface area contributed by atoms with E-state index in [2.05, 4.69) is 21.2 Å². The molecule has 0 radical (unpaired) electrons. The summed E-state index contributed by atoms with van der Waals surface area (Å²) in [6.07, 6.45) is 0. The van der Waals surface area contributed by atoms with Gasteiger partial charge in [-0.15, -0.1) is 0 Å². The van der Waals surface area contributed by atoms with Crippen molar-refractivity contribution < 1.29 is 9.90 Å². The van der Waals surface area contributed by atoms with Gasteiger partial charge in [0.2, 0.25) is 0 Å². The molecule has 0 amide bonds. The molecule has 0 heterocycles. The van der Waals surface area contributed by atoms with Gasteiger partial charge in [-0.3, -0.25) is 4.79 Å². The van der Waals surface area contributed by atoms with Gasteiger partial charge in [-0.25, -0.2) is 0 Å². The Labute approximate surface area is 97.6 Å². The molecule has 4 heteroatoms. The number of benzene rings is 1. The summed E-state index contributed by atoms with van der Waals surface area (Å²) in [4.78, 5) is 10.8. The van der Waals surface area contributed by atoms with Crippen molar-refractivity contribution in [1.82, 2.24) is 0 Å². The summed E-state index contributed by atoms with van der Waals surface area (Å²) in [7, 11) is 0. The highest BCUT2D eigenvalue weighted by molar-refractivity contribution is 9.10. The lowest BCUT2D eigenvalue weighted by Crippen LogP contribution is -2.31. The summed E-state index contributed by atoms with van der Waals surface area (Å²) in [5.74, 6) is -0.799. The topological polar surface area (TPSA) is 49.3 Å². The monoisotopic (exact) mass is 271 g/mol. The third-order valence-corrected chi connectivity index (χ3v) is 2.69. The van der Waals surface area contributed by atoms with Gasteiger partial charge in [0.05, 0.1) is 5.41 Å². The van der Waals surface area contributed by atoms with Gasteiger partial charge in [0.1, 0.15) is 0 Å². The maximum atomic E-state index is 10.8. The SMILES string of the molecule is CC(C)(CNc1ccc(Br)cc1)C(=O)O. The Morgan fingerprint density at radius 3 is 2.40 bits per heavy atom. The van der Waals surface area contributed by atoms with Crippen molar-refractivity contribution in [3.8, 4) is 0 Å². The molecule has 0 aromatic heterocycles. The minimum absolute atomic E-state index is 0.407.